The van der Waals surface area contributed by atoms with Crippen molar-refractivity contribution in [1.29, 1.82) is 0 Å². The van der Waals surface area contributed by atoms with Crippen molar-refractivity contribution in [2.45, 2.75) is 5.41 Å². The zero-order valence-electron chi connectivity index (χ0n) is 22.0. The molecule has 4 nitrogen and oxygen atoms in total. The highest BCUT2D eigenvalue weighted by Gasteiger charge is 2.47. The van der Waals surface area contributed by atoms with Crippen molar-refractivity contribution in [3.8, 4) is 39.5 Å². The SMILES string of the molecule is Oc1ccccc1-c1nc2c(-c3cccc(C4(c5ccccn5)c5ccccc5-c5ccccc54)c3)cccc2o1. The number of pyridine rings is 1. The number of hydrogen-bond acceptors (Lipinski definition) is 4. The number of oxazole rings is 1. The third kappa shape index (κ3) is 3.41. The maximum atomic E-state index is 10.4. The smallest absolute Gasteiger partial charge is 0.231 e. The molecule has 2 heterocycles. The Morgan fingerprint density at radius 1 is 0.585 bits per heavy atom. The van der Waals surface area contributed by atoms with Crippen LogP contribution >= 0.6 is 0 Å². The molecule has 8 rings (SSSR count). The van der Waals surface area contributed by atoms with E-state index < -0.39 is 5.41 Å². The van der Waals surface area contributed by atoms with Crippen LogP contribution in [0.15, 0.2) is 144 Å². The summed E-state index contributed by atoms with van der Waals surface area (Å²) in [4.78, 5) is 9.81. The van der Waals surface area contributed by atoms with Crippen LogP contribution in [0, 0.1) is 0 Å². The van der Waals surface area contributed by atoms with Crippen LogP contribution < -0.4 is 0 Å². The fourth-order valence-corrected chi connectivity index (χ4v) is 6.43. The van der Waals surface area contributed by atoms with E-state index in [0.717, 1.165) is 27.9 Å². The summed E-state index contributed by atoms with van der Waals surface area (Å²) < 4.78 is 6.13. The maximum Gasteiger partial charge on any atom is 0.231 e. The van der Waals surface area contributed by atoms with E-state index in [4.69, 9.17) is 14.4 Å². The number of phenolic OH excluding ortho intramolecular Hbond substituents is 1. The first-order chi connectivity index (χ1) is 20.2. The zero-order chi connectivity index (χ0) is 27.4. The number of benzene rings is 5. The second kappa shape index (κ2) is 9.04. The van der Waals surface area contributed by atoms with Gasteiger partial charge >= 0.3 is 0 Å². The molecule has 7 aromatic rings. The molecule has 194 valence electrons. The van der Waals surface area contributed by atoms with Gasteiger partial charge in [0.25, 0.3) is 0 Å². The summed E-state index contributed by atoms with van der Waals surface area (Å²) in [6, 6.07) is 45.2. The average molecular weight is 529 g/mol. The lowest BCUT2D eigenvalue weighted by molar-refractivity contribution is 0.474. The van der Waals surface area contributed by atoms with E-state index >= 15 is 0 Å². The molecule has 41 heavy (non-hydrogen) atoms. The van der Waals surface area contributed by atoms with Crippen LogP contribution in [0.25, 0.3) is 44.8 Å². The van der Waals surface area contributed by atoms with Gasteiger partial charge in [0.15, 0.2) is 5.58 Å². The van der Waals surface area contributed by atoms with E-state index in [0.29, 0.717) is 17.0 Å². The van der Waals surface area contributed by atoms with Crippen LogP contribution in [0.4, 0.5) is 0 Å². The minimum atomic E-state index is -0.580. The van der Waals surface area contributed by atoms with Crippen LogP contribution in [0.5, 0.6) is 5.75 Å². The molecule has 0 saturated heterocycles. The van der Waals surface area contributed by atoms with Gasteiger partial charge in [0.1, 0.15) is 11.3 Å². The van der Waals surface area contributed by atoms with Gasteiger partial charge in [0, 0.05) is 11.8 Å². The quantitative estimate of drug-likeness (QED) is 0.248. The number of phenols is 1. The summed E-state index contributed by atoms with van der Waals surface area (Å²) in [5.41, 5.74) is 10.4. The lowest BCUT2D eigenvalue weighted by Gasteiger charge is -2.33. The summed E-state index contributed by atoms with van der Waals surface area (Å²) in [7, 11) is 0. The summed E-state index contributed by atoms with van der Waals surface area (Å²) in [6.07, 6.45) is 1.88. The Bertz CT molecular complexity index is 2030. The van der Waals surface area contributed by atoms with Crippen LogP contribution in [0.1, 0.15) is 22.4 Å². The number of rotatable bonds is 4. The van der Waals surface area contributed by atoms with Crippen molar-refractivity contribution in [2.75, 3.05) is 0 Å². The molecule has 1 aliphatic rings. The number of aromatic hydroxyl groups is 1. The molecule has 2 aromatic heterocycles. The molecule has 4 heteroatoms. The monoisotopic (exact) mass is 528 g/mol. The molecular weight excluding hydrogens is 504 g/mol. The van der Waals surface area contributed by atoms with Gasteiger partial charge in [-0.2, -0.15) is 0 Å². The van der Waals surface area contributed by atoms with Crippen molar-refractivity contribution in [2.24, 2.45) is 0 Å². The third-order valence-electron chi connectivity index (χ3n) is 8.16. The average Bonchev–Trinajstić information content (AvgIpc) is 3.60. The zero-order valence-corrected chi connectivity index (χ0v) is 22.0. The van der Waals surface area contributed by atoms with Gasteiger partial charge in [-0.1, -0.05) is 97.1 Å². The molecule has 0 aliphatic heterocycles. The van der Waals surface area contributed by atoms with E-state index in [9.17, 15) is 5.11 Å². The van der Waals surface area contributed by atoms with Crippen molar-refractivity contribution < 1.29 is 9.52 Å². The van der Waals surface area contributed by atoms with Crippen LogP contribution in [-0.4, -0.2) is 15.1 Å². The second-order valence-electron chi connectivity index (χ2n) is 10.3. The van der Waals surface area contributed by atoms with Crippen LogP contribution in [0.3, 0.4) is 0 Å². The fraction of sp³-hybridized carbons (Fsp3) is 0.0270. The Hall–Kier alpha value is -5.48. The predicted octanol–water partition coefficient (Wildman–Crippen LogP) is 8.63. The topological polar surface area (TPSA) is 59.2 Å². The lowest BCUT2D eigenvalue weighted by Crippen LogP contribution is -2.29. The van der Waals surface area contributed by atoms with Crippen molar-refractivity contribution in [1.82, 2.24) is 9.97 Å². The summed E-state index contributed by atoms with van der Waals surface area (Å²) >= 11 is 0. The first kappa shape index (κ1) is 23.4. The predicted molar refractivity (Wildman–Crippen MR) is 162 cm³/mol. The van der Waals surface area contributed by atoms with E-state index in [2.05, 4.69) is 91.0 Å². The van der Waals surface area contributed by atoms with E-state index in [1.165, 1.54) is 22.3 Å². The molecule has 0 unspecified atom stereocenters. The minimum Gasteiger partial charge on any atom is -0.507 e. The van der Waals surface area contributed by atoms with Crippen molar-refractivity contribution in [3.63, 3.8) is 0 Å². The van der Waals surface area contributed by atoms with Gasteiger partial charge in [-0.25, -0.2) is 4.98 Å². The number of aromatic nitrogens is 2. The summed E-state index contributed by atoms with van der Waals surface area (Å²) in [5, 5.41) is 10.4. The molecule has 0 atom stereocenters. The number of para-hydroxylation sites is 2. The molecule has 0 fully saturated rings. The lowest BCUT2D eigenvalue weighted by atomic mass is 9.69. The first-order valence-electron chi connectivity index (χ1n) is 13.6. The Kier molecular flexibility index (Phi) is 5.16. The molecule has 1 aliphatic carbocycles. The Morgan fingerprint density at radius 2 is 1.24 bits per heavy atom. The molecule has 0 amide bonds. The molecular formula is C37H24N2O2. The summed E-state index contributed by atoms with van der Waals surface area (Å²) in [5.74, 6) is 0.531. The van der Waals surface area contributed by atoms with Crippen LogP contribution in [-0.2, 0) is 5.41 Å². The van der Waals surface area contributed by atoms with Gasteiger partial charge in [0.2, 0.25) is 5.89 Å². The molecule has 0 saturated carbocycles. The summed E-state index contributed by atoms with van der Waals surface area (Å²) in [6.45, 7) is 0. The molecule has 0 radical (unpaired) electrons. The van der Waals surface area contributed by atoms with Gasteiger partial charge in [-0.3, -0.25) is 4.98 Å². The molecule has 0 spiro atoms. The van der Waals surface area contributed by atoms with Crippen molar-refractivity contribution in [3.05, 3.63) is 162 Å². The second-order valence-corrected chi connectivity index (χ2v) is 10.3. The highest BCUT2D eigenvalue weighted by Crippen LogP contribution is 2.55. The van der Waals surface area contributed by atoms with E-state index in [1.807, 2.05) is 36.5 Å². The fourth-order valence-electron chi connectivity index (χ4n) is 6.43. The number of fused-ring (bicyclic) bond motifs is 4. The maximum absolute atomic E-state index is 10.4. The Labute approximate surface area is 237 Å². The largest absolute Gasteiger partial charge is 0.507 e. The van der Waals surface area contributed by atoms with Gasteiger partial charge in [-0.15, -0.1) is 0 Å². The Balaban J connectivity index is 1.38. The molecule has 0 bridgehead atoms. The third-order valence-corrected chi connectivity index (χ3v) is 8.16. The Morgan fingerprint density at radius 3 is 1.98 bits per heavy atom. The van der Waals surface area contributed by atoms with Gasteiger partial charge < -0.3 is 9.52 Å². The van der Waals surface area contributed by atoms with Crippen LogP contribution in [0.2, 0.25) is 0 Å². The molecule has 1 N–H and O–H groups in total. The molecule has 5 aromatic carbocycles. The normalized spacial score (nSPS) is 13.2. The van der Waals surface area contributed by atoms with E-state index in [-0.39, 0.29) is 5.75 Å². The first-order valence-corrected chi connectivity index (χ1v) is 13.6. The van der Waals surface area contributed by atoms with Gasteiger partial charge in [0.05, 0.1) is 16.7 Å². The van der Waals surface area contributed by atoms with Gasteiger partial charge in [-0.05, 0) is 69.8 Å². The highest BCUT2D eigenvalue weighted by atomic mass is 16.3. The van der Waals surface area contributed by atoms with Crippen molar-refractivity contribution >= 4 is 11.1 Å². The number of nitrogens with zero attached hydrogens (tertiary/aromatic N) is 2. The van der Waals surface area contributed by atoms with E-state index in [1.54, 1.807) is 12.1 Å². The highest BCUT2D eigenvalue weighted by molar-refractivity contribution is 5.93. The standard InChI is InChI=1S/C37H24N2O2/c40-32-19-6-3-15-29(32)36-39-35-26(16-10-20-33(35)41-36)24-11-9-12-25(23-24)37(34-21-7-8-22-38-34)30-17-4-1-13-27(30)28-14-2-5-18-31(28)37/h1-23,40H. The number of hydrogen-bond donors (Lipinski definition) is 1. The minimum absolute atomic E-state index is 0.137.